The average molecular weight is 347 g/mol. The average Bonchev–Trinajstić information content (AvgIpc) is 2.46. The van der Waals surface area contributed by atoms with Gasteiger partial charge in [-0.3, -0.25) is 4.79 Å². The summed E-state index contributed by atoms with van der Waals surface area (Å²) in [6.45, 7) is 1.62. The van der Waals surface area contributed by atoms with Gasteiger partial charge in [-0.05, 0) is 37.0 Å². The van der Waals surface area contributed by atoms with E-state index < -0.39 is 0 Å². The van der Waals surface area contributed by atoms with Crippen LogP contribution in [-0.4, -0.2) is 36.3 Å². The first-order chi connectivity index (χ1) is 9.15. The van der Waals surface area contributed by atoms with E-state index in [9.17, 15) is 4.79 Å². The summed E-state index contributed by atoms with van der Waals surface area (Å²) >= 11 is 9.42. The number of hydrogen-bond donors (Lipinski definition) is 0. The Morgan fingerprint density at radius 3 is 3.05 bits per heavy atom. The number of likely N-dealkylation sites (tertiary alicyclic amines) is 1. The highest BCUT2D eigenvalue weighted by Gasteiger charge is 2.25. The Morgan fingerprint density at radius 1 is 1.58 bits per heavy atom. The van der Waals surface area contributed by atoms with E-state index in [1.807, 2.05) is 4.90 Å². The molecular formula is C14H17BrClNO2. The molecule has 0 bridgehead atoms. The second-order valence-corrected chi connectivity index (χ2v) is 5.84. The molecule has 0 N–H and O–H groups in total. The highest BCUT2D eigenvalue weighted by molar-refractivity contribution is 9.09. The van der Waals surface area contributed by atoms with Crippen LogP contribution in [0.5, 0.6) is 5.75 Å². The Morgan fingerprint density at radius 2 is 2.37 bits per heavy atom. The SMILES string of the molecule is COc1cc(Cl)ccc1C(=O)N1CCCC(CBr)C1. The van der Waals surface area contributed by atoms with Gasteiger partial charge in [0.2, 0.25) is 0 Å². The monoisotopic (exact) mass is 345 g/mol. The van der Waals surface area contributed by atoms with E-state index in [-0.39, 0.29) is 5.91 Å². The molecule has 1 aliphatic heterocycles. The molecule has 1 aromatic carbocycles. The Labute approximate surface area is 127 Å². The first-order valence-corrected chi connectivity index (χ1v) is 7.84. The number of methoxy groups -OCH3 is 1. The molecule has 1 aromatic rings. The van der Waals surface area contributed by atoms with Gasteiger partial charge in [-0.25, -0.2) is 0 Å². The van der Waals surface area contributed by atoms with Crippen LogP contribution < -0.4 is 4.74 Å². The van der Waals surface area contributed by atoms with Gasteiger partial charge in [0.1, 0.15) is 5.75 Å². The van der Waals surface area contributed by atoms with E-state index in [0.29, 0.717) is 22.3 Å². The summed E-state index contributed by atoms with van der Waals surface area (Å²) in [5.74, 6) is 1.11. The fraction of sp³-hybridized carbons (Fsp3) is 0.500. The fourth-order valence-corrected chi connectivity index (χ4v) is 3.08. The summed E-state index contributed by atoms with van der Waals surface area (Å²) in [4.78, 5) is 14.4. The Bertz CT molecular complexity index is 467. The molecule has 2 rings (SSSR count). The standard InChI is InChI=1S/C14H17BrClNO2/c1-19-13-7-11(16)4-5-12(13)14(18)17-6-2-3-10(8-15)9-17/h4-5,7,10H,2-3,6,8-9H2,1H3. The van der Waals surface area contributed by atoms with Crippen molar-refractivity contribution in [2.75, 3.05) is 25.5 Å². The van der Waals surface area contributed by atoms with E-state index in [1.54, 1.807) is 25.3 Å². The lowest BCUT2D eigenvalue weighted by molar-refractivity contribution is 0.0682. The van der Waals surface area contributed by atoms with Crippen molar-refractivity contribution in [1.29, 1.82) is 0 Å². The van der Waals surface area contributed by atoms with Gasteiger partial charge in [0.25, 0.3) is 5.91 Å². The maximum absolute atomic E-state index is 12.5. The van der Waals surface area contributed by atoms with Crippen LogP contribution in [0.4, 0.5) is 0 Å². The molecule has 1 atom stereocenters. The summed E-state index contributed by atoms with van der Waals surface area (Å²) in [6, 6.07) is 5.14. The van der Waals surface area contributed by atoms with Crippen molar-refractivity contribution in [3.05, 3.63) is 28.8 Å². The molecule has 0 saturated carbocycles. The van der Waals surface area contributed by atoms with Crippen molar-refractivity contribution in [3.63, 3.8) is 0 Å². The second kappa shape index (κ2) is 6.62. The first-order valence-electron chi connectivity index (χ1n) is 6.34. The zero-order chi connectivity index (χ0) is 13.8. The van der Waals surface area contributed by atoms with Crippen molar-refractivity contribution >= 4 is 33.4 Å². The summed E-state index contributed by atoms with van der Waals surface area (Å²) < 4.78 is 5.25. The highest BCUT2D eigenvalue weighted by atomic mass is 79.9. The molecule has 1 aliphatic rings. The summed E-state index contributed by atoms with van der Waals surface area (Å²) in [5, 5.41) is 1.51. The van der Waals surface area contributed by atoms with Crippen molar-refractivity contribution in [3.8, 4) is 5.75 Å². The lowest BCUT2D eigenvalue weighted by Gasteiger charge is -2.32. The third-order valence-electron chi connectivity index (χ3n) is 3.42. The van der Waals surface area contributed by atoms with Gasteiger partial charge in [0, 0.05) is 23.4 Å². The van der Waals surface area contributed by atoms with Gasteiger partial charge in [-0.15, -0.1) is 0 Å². The maximum Gasteiger partial charge on any atom is 0.257 e. The number of piperidine rings is 1. The van der Waals surface area contributed by atoms with Gasteiger partial charge < -0.3 is 9.64 Å². The fourth-order valence-electron chi connectivity index (χ4n) is 2.39. The number of carbonyl (C=O) groups excluding carboxylic acids is 1. The predicted octanol–water partition coefficient (Wildman–Crippen LogP) is 3.60. The minimum atomic E-state index is 0.0270. The number of ether oxygens (including phenoxy) is 1. The molecule has 0 radical (unpaired) electrons. The molecule has 5 heteroatoms. The second-order valence-electron chi connectivity index (χ2n) is 4.76. The van der Waals surface area contributed by atoms with E-state index in [4.69, 9.17) is 16.3 Å². The molecule has 1 saturated heterocycles. The Kier molecular flexibility index (Phi) is 5.11. The van der Waals surface area contributed by atoms with Crippen LogP contribution >= 0.6 is 27.5 Å². The van der Waals surface area contributed by atoms with Crippen LogP contribution in [0, 0.1) is 5.92 Å². The molecule has 1 amide bonds. The zero-order valence-corrected chi connectivity index (χ0v) is 13.2. The molecular weight excluding hydrogens is 330 g/mol. The van der Waals surface area contributed by atoms with Crippen LogP contribution in [0.25, 0.3) is 0 Å². The van der Waals surface area contributed by atoms with Gasteiger partial charge in [-0.2, -0.15) is 0 Å². The smallest absolute Gasteiger partial charge is 0.257 e. The Hall–Kier alpha value is -0.740. The van der Waals surface area contributed by atoms with Crippen molar-refractivity contribution in [1.82, 2.24) is 4.90 Å². The van der Waals surface area contributed by atoms with Crippen LogP contribution in [-0.2, 0) is 0 Å². The normalized spacial score (nSPS) is 19.3. The van der Waals surface area contributed by atoms with Crippen LogP contribution in [0.2, 0.25) is 5.02 Å². The summed E-state index contributed by atoms with van der Waals surface area (Å²) in [6.07, 6.45) is 2.23. The van der Waals surface area contributed by atoms with Crippen molar-refractivity contribution in [2.24, 2.45) is 5.92 Å². The van der Waals surface area contributed by atoms with Crippen molar-refractivity contribution < 1.29 is 9.53 Å². The quantitative estimate of drug-likeness (QED) is 0.783. The largest absolute Gasteiger partial charge is 0.496 e. The van der Waals surface area contributed by atoms with Crippen molar-refractivity contribution in [2.45, 2.75) is 12.8 Å². The van der Waals surface area contributed by atoms with Gasteiger partial charge in [0.15, 0.2) is 0 Å². The number of rotatable bonds is 3. The molecule has 0 spiro atoms. The van der Waals surface area contributed by atoms with E-state index in [0.717, 1.165) is 24.8 Å². The molecule has 1 unspecified atom stereocenters. The lowest BCUT2D eigenvalue weighted by atomic mass is 9.99. The third kappa shape index (κ3) is 3.42. The van der Waals surface area contributed by atoms with Gasteiger partial charge >= 0.3 is 0 Å². The topological polar surface area (TPSA) is 29.5 Å². The number of hydrogen-bond acceptors (Lipinski definition) is 2. The molecule has 1 fully saturated rings. The number of alkyl halides is 1. The molecule has 19 heavy (non-hydrogen) atoms. The number of halogens is 2. The number of benzene rings is 1. The van der Waals surface area contributed by atoms with Crippen LogP contribution in [0.1, 0.15) is 23.2 Å². The zero-order valence-electron chi connectivity index (χ0n) is 10.9. The molecule has 3 nitrogen and oxygen atoms in total. The molecule has 0 aromatic heterocycles. The minimum Gasteiger partial charge on any atom is -0.496 e. The summed E-state index contributed by atoms with van der Waals surface area (Å²) in [7, 11) is 1.56. The lowest BCUT2D eigenvalue weighted by Crippen LogP contribution is -2.40. The van der Waals surface area contributed by atoms with Crippen LogP contribution in [0.3, 0.4) is 0 Å². The molecule has 1 heterocycles. The summed E-state index contributed by atoms with van der Waals surface area (Å²) in [5.41, 5.74) is 0.585. The number of amides is 1. The Balaban J connectivity index is 2.19. The number of nitrogens with zero attached hydrogens (tertiary/aromatic N) is 1. The molecule has 104 valence electrons. The highest BCUT2D eigenvalue weighted by Crippen LogP contribution is 2.26. The molecule has 0 aliphatic carbocycles. The number of carbonyl (C=O) groups is 1. The van der Waals surface area contributed by atoms with E-state index in [2.05, 4.69) is 15.9 Å². The predicted molar refractivity (Wildman–Crippen MR) is 80.4 cm³/mol. The first kappa shape index (κ1) is 14.7. The van der Waals surface area contributed by atoms with Gasteiger partial charge in [-0.1, -0.05) is 27.5 Å². The van der Waals surface area contributed by atoms with Crippen LogP contribution in [0.15, 0.2) is 18.2 Å². The maximum atomic E-state index is 12.5. The van der Waals surface area contributed by atoms with E-state index >= 15 is 0 Å². The van der Waals surface area contributed by atoms with Gasteiger partial charge in [0.05, 0.1) is 12.7 Å². The third-order valence-corrected chi connectivity index (χ3v) is 4.57. The van der Waals surface area contributed by atoms with E-state index in [1.165, 1.54) is 6.42 Å². The minimum absolute atomic E-state index is 0.0270.